The minimum atomic E-state index is -0.291. The average Bonchev–Trinajstić information content (AvgIpc) is 3.10. The molecular weight excluding hydrogens is 340 g/mol. The fourth-order valence-electron chi connectivity index (χ4n) is 3.09. The number of hydrogen-bond donors (Lipinski definition) is 3. The summed E-state index contributed by atoms with van der Waals surface area (Å²) in [5.41, 5.74) is 3.24. The number of para-hydroxylation sites is 2. The van der Waals surface area contributed by atoms with Crippen molar-refractivity contribution in [3.63, 3.8) is 0 Å². The number of fused-ring (bicyclic) bond motifs is 2. The van der Waals surface area contributed by atoms with E-state index in [-0.39, 0.29) is 24.8 Å². The first-order chi connectivity index (χ1) is 13.2. The first-order valence-electron chi connectivity index (χ1n) is 8.66. The minimum Gasteiger partial charge on any atom is -0.361 e. The summed E-state index contributed by atoms with van der Waals surface area (Å²) in [6, 6.07) is 17.2. The van der Waals surface area contributed by atoms with Crippen LogP contribution in [-0.2, 0) is 16.0 Å². The summed E-state index contributed by atoms with van der Waals surface area (Å²) in [6.07, 6.45) is 3.72. The highest BCUT2D eigenvalue weighted by Crippen LogP contribution is 2.20. The summed E-state index contributed by atoms with van der Waals surface area (Å²) >= 11 is 0. The first kappa shape index (κ1) is 16.8. The van der Waals surface area contributed by atoms with Gasteiger partial charge < -0.3 is 15.6 Å². The van der Waals surface area contributed by atoms with Crippen molar-refractivity contribution in [3.05, 3.63) is 72.6 Å². The summed E-state index contributed by atoms with van der Waals surface area (Å²) in [7, 11) is 0. The Morgan fingerprint density at radius 3 is 2.74 bits per heavy atom. The second kappa shape index (κ2) is 7.29. The van der Waals surface area contributed by atoms with Gasteiger partial charge in [0.2, 0.25) is 11.8 Å². The van der Waals surface area contributed by atoms with Crippen molar-refractivity contribution >= 4 is 39.3 Å². The Labute approximate surface area is 155 Å². The van der Waals surface area contributed by atoms with E-state index in [9.17, 15) is 9.59 Å². The zero-order valence-corrected chi connectivity index (χ0v) is 14.5. The van der Waals surface area contributed by atoms with Crippen molar-refractivity contribution in [2.45, 2.75) is 6.42 Å². The number of pyridine rings is 1. The molecule has 2 heterocycles. The van der Waals surface area contributed by atoms with Crippen molar-refractivity contribution in [2.24, 2.45) is 0 Å². The van der Waals surface area contributed by atoms with Gasteiger partial charge in [0.05, 0.1) is 24.2 Å². The summed E-state index contributed by atoms with van der Waals surface area (Å²) in [5.74, 6) is -0.494. The molecule has 6 heteroatoms. The lowest BCUT2D eigenvalue weighted by atomic mass is 10.1. The molecule has 0 saturated heterocycles. The topological polar surface area (TPSA) is 86.9 Å². The van der Waals surface area contributed by atoms with Crippen LogP contribution in [0.15, 0.2) is 67.0 Å². The van der Waals surface area contributed by atoms with E-state index in [1.165, 1.54) is 0 Å². The van der Waals surface area contributed by atoms with Crippen LogP contribution in [0.25, 0.3) is 21.8 Å². The molecule has 4 aromatic rings. The molecule has 0 unspecified atom stereocenters. The Kier molecular flexibility index (Phi) is 4.53. The fourth-order valence-corrected chi connectivity index (χ4v) is 3.09. The molecule has 0 atom stereocenters. The molecule has 0 aliphatic carbocycles. The fraction of sp³-hybridized carbons (Fsp3) is 0.0952. The van der Waals surface area contributed by atoms with Crippen LogP contribution in [0, 0.1) is 0 Å². The predicted molar refractivity (Wildman–Crippen MR) is 105 cm³/mol. The number of carbonyl (C=O) groups excluding carboxylic acids is 2. The Morgan fingerprint density at radius 2 is 1.81 bits per heavy atom. The van der Waals surface area contributed by atoms with Gasteiger partial charge in [-0.15, -0.1) is 0 Å². The van der Waals surface area contributed by atoms with E-state index in [0.29, 0.717) is 5.69 Å². The number of aromatic amines is 1. The Hall–Kier alpha value is -3.67. The molecule has 2 aromatic heterocycles. The molecule has 134 valence electrons. The number of rotatable bonds is 5. The van der Waals surface area contributed by atoms with Crippen LogP contribution >= 0.6 is 0 Å². The molecule has 0 fully saturated rings. The van der Waals surface area contributed by atoms with E-state index in [4.69, 9.17) is 0 Å². The number of nitrogens with one attached hydrogen (secondary N) is 3. The van der Waals surface area contributed by atoms with Gasteiger partial charge >= 0.3 is 0 Å². The van der Waals surface area contributed by atoms with E-state index in [1.807, 2.05) is 54.7 Å². The Morgan fingerprint density at radius 1 is 0.963 bits per heavy atom. The van der Waals surface area contributed by atoms with Crippen LogP contribution in [0.5, 0.6) is 0 Å². The quantitative estimate of drug-likeness (QED) is 0.512. The van der Waals surface area contributed by atoms with Gasteiger partial charge in [-0.2, -0.15) is 0 Å². The van der Waals surface area contributed by atoms with Gasteiger partial charge in [-0.3, -0.25) is 14.6 Å². The molecule has 4 rings (SSSR count). The second-order valence-corrected chi connectivity index (χ2v) is 6.24. The third kappa shape index (κ3) is 3.64. The molecule has 2 amide bonds. The summed E-state index contributed by atoms with van der Waals surface area (Å²) in [4.78, 5) is 31.9. The SMILES string of the molecule is O=C(Cc1c[nH]c2ccccc12)NCC(=O)Nc1cccc2cccnc12. The molecule has 0 aliphatic rings. The van der Waals surface area contributed by atoms with Gasteiger partial charge in [0.25, 0.3) is 0 Å². The lowest BCUT2D eigenvalue weighted by Crippen LogP contribution is -2.33. The van der Waals surface area contributed by atoms with Gasteiger partial charge in [-0.1, -0.05) is 36.4 Å². The standard InChI is InChI=1S/C21H18N4O2/c26-19(11-15-12-23-17-8-2-1-7-16(15)17)24-13-20(27)25-18-9-3-5-14-6-4-10-22-21(14)18/h1-10,12,23H,11,13H2,(H,24,26)(H,25,27). The Bertz CT molecular complexity index is 1130. The van der Waals surface area contributed by atoms with Crippen molar-refractivity contribution in [1.82, 2.24) is 15.3 Å². The molecule has 0 bridgehead atoms. The summed E-state index contributed by atoms with van der Waals surface area (Å²) in [5, 5.41) is 7.43. The third-order valence-electron chi connectivity index (χ3n) is 4.38. The number of aromatic nitrogens is 2. The van der Waals surface area contributed by atoms with Crippen LogP contribution in [0.3, 0.4) is 0 Å². The highest BCUT2D eigenvalue weighted by atomic mass is 16.2. The smallest absolute Gasteiger partial charge is 0.243 e. The molecule has 0 radical (unpaired) electrons. The van der Waals surface area contributed by atoms with Crippen molar-refractivity contribution < 1.29 is 9.59 Å². The molecule has 3 N–H and O–H groups in total. The monoisotopic (exact) mass is 358 g/mol. The van der Waals surface area contributed by atoms with Gasteiger partial charge in [0.15, 0.2) is 0 Å². The summed E-state index contributed by atoms with van der Waals surface area (Å²) in [6.45, 7) is -0.0928. The highest BCUT2D eigenvalue weighted by molar-refractivity contribution is 6.02. The molecule has 2 aromatic carbocycles. The maximum Gasteiger partial charge on any atom is 0.243 e. The zero-order valence-electron chi connectivity index (χ0n) is 14.5. The molecule has 0 spiro atoms. The number of carbonyl (C=O) groups is 2. The average molecular weight is 358 g/mol. The number of anilines is 1. The van der Waals surface area contributed by atoms with Gasteiger partial charge in [0, 0.05) is 28.7 Å². The first-order valence-corrected chi connectivity index (χ1v) is 8.66. The molecular formula is C21H18N4O2. The van der Waals surface area contributed by atoms with Crippen LogP contribution in [0.4, 0.5) is 5.69 Å². The van der Waals surface area contributed by atoms with Gasteiger partial charge in [-0.25, -0.2) is 0 Å². The second-order valence-electron chi connectivity index (χ2n) is 6.24. The number of benzene rings is 2. The number of amides is 2. The lowest BCUT2D eigenvalue weighted by molar-refractivity contribution is -0.123. The highest BCUT2D eigenvalue weighted by Gasteiger charge is 2.11. The van der Waals surface area contributed by atoms with E-state index < -0.39 is 0 Å². The lowest BCUT2D eigenvalue weighted by Gasteiger charge is -2.09. The number of hydrogen-bond acceptors (Lipinski definition) is 3. The predicted octanol–water partition coefficient (Wildman–Crippen LogP) is 3.01. The number of nitrogens with zero attached hydrogens (tertiary/aromatic N) is 1. The number of H-pyrrole nitrogens is 1. The Balaban J connectivity index is 1.37. The van der Waals surface area contributed by atoms with Crippen LogP contribution in [0.1, 0.15) is 5.56 Å². The third-order valence-corrected chi connectivity index (χ3v) is 4.38. The van der Waals surface area contributed by atoms with E-state index in [2.05, 4.69) is 20.6 Å². The molecule has 0 aliphatic heterocycles. The van der Waals surface area contributed by atoms with Gasteiger partial charge in [0.1, 0.15) is 0 Å². The maximum atomic E-state index is 12.2. The van der Waals surface area contributed by atoms with E-state index >= 15 is 0 Å². The minimum absolute atomic E-state index is 0.0928. The van der Waals surface area contributed by atoms with Crippen LogP contribution in [-0.4, -0.2) is 28.3 Å². The molecule has 0 saturated carbocycles. The molecule has 27 heavy (non-hydrogen) atoms. The maximum absolute atomic E-state index is 12.2. The van der Waals surface area contributed by atoms with Crippen molar-refractivity contribution in [1.29, 1.82) is 0 Å². The summed E-state index contributed by atoms with van der Waals surface area (Å²) < 4.78 is 0. The van der Waals surface area contributed by atoms with E-state index in [1.54, 1.807) is 12.3 Å². The molecule has 6 nitrogen and oxygen atoms in total. The largest absolute Gasteiger partial charge is 0.361 e. The van der Waals surface area contributed by atoms with Crippen molar-refractivity contribution in [2.75, 3.05) is 11.9 Å². The van der Waals surface area contributed by atoms with Crippen LogP contribution < -0.4 is 10.6 Å². The van der Waals surface area contributed by atoms with Crippen molar-refractivity contribution in [3.8, 4) is 0 Å². The van der Waals surface area contributed by atoms with E-state index in [0.717, 1.165) is 27.4 Å². The zero-order chi connectivity index (χ0) is 18.6. The van der Waals surface area contributed by atoms with Crippen LogP contribution in [0.2, 0.25) is 0 Å². The normalized spacial score (nSPS) is 10.8. The van der Waals surface area contributed by atoms with Gasteiger partial charge in [-0.05, 0) is 23.8 Å².